The van der Waals surface area contributed by atoms with Gasteiger partial charge >= 0.3 is 6.03 Å². The Labute approximate surface area is 192 Å². The monoisotopic (exact) mass is 472 g/mol. The number of rotatable bonds is 5. The normalized spacial score (nSPS) is 15.4. The second-order valence-corrected chi connectivity index (χ2v) is 11.8. The van der Waals surface area contributed by atoms with Crippen molar-refractivity contribution in [1.29, 1.82) is 0 Å². The molecule has 1 fully saturated rings. The number of hydrogen-bond acceptors (Lipinski definition) is 5. The van der Waals surface area contributed by atoms with Crippen LogP contribution in [0.3, 0.4) is 0 Å². The summed E-state index contributed by atoms with van der Waals surface area (Å²) in [5, 5.41) is 3.43. The molecule has 1 saturated heterocycles. The average Bonchev–Trinajstić information content (AvgIpc) is 3.17. The highest BCUT2D eigenvalue weighted by Gasteiger charge is 2.27. The molecule has 2 heterocycles. The number of piperidine rings is 1. The Morgan fingerprint density at radius 2 is 1.81 bits per heavy atom. The summed E-state index contributed by atoms with van der Waals surface area (Å²) in [6.07, 6.45) is 1.21. The molecule has 0 unspecified atom stereocenters. The molecular weight excluding hydrogens is 444 g/mol. The third kappa shape index (κ3) is 5.11. The van der Waals surface area contributed by atoms with Gasteiger partial charge in [0.25, 0.3) is 0 Å². The average molecular weight is 473 g/mol. The van der Waals surface area contributed by atoms with Crippen LogP contribution in [0.1, 0.15) is 32.3 Å². The van der Waals surface area contributed by atoms with Crippen LogP contribution in [0.2, 0.25) is 0 Å². The van der Waals surface area contributed by atoms with Crippen molar-refractivity contribution >= 4 is 43.3 Å². The molecule has 3 aromatic rings. The van der Waals surface area contributed by atoms with E-state index < -0.39 is 15.3 Å². The highest BCUT2D eigenvalue weighted by atomic mass is 32.2. The Balaban J connectivity index is 1.34. The summed E-state index contributed by atoms with van der Waals surface area (Å²) in [4.78, 5) is 19.1. The number of hydrogen-bond donors (Lipinski definition) is 2. The van der Waals surface area contributed by atoms with Gasteiger partial charge in [0, 0.05) is 30.4 Å². The Kier molecular flexibility index (Phi) is 6.50. The lowest BCUT2D eigenvalue weighted by Crippen LogP contribution is -2.48. The molecule has 2 aromatic carbocycles. The first-order chi connectivity index (χ1) is 15.2. The van der Waals surface area contributed by atoms with E-state index in [1.807, 2.05) is 30.3 Å². The molecule has 0 aliphatic carbocycles. The van der Waals surface area contributed by atoms with Gasteiger partial charge in [-0.3, -0.25) is 0 Å². The maximum absolute atomic E-state index is 12.6. The van der Waals surface area contributed by atoms with Crippen molar-refractivity contribution in [3.63, 3.8) is 0 Å². The number of nitrogens with one attached hydrogen (secondary N) is 2. The van der Waals surface area contributed by atoms with Gasteiger partial charge in [0.1, 0.15) is 5.01 Å². The van der Waals surface area contributed by atoms with Gasteiger partial charge in [-0.2, -0.15) is 0 Å². The van der Waals surface area contributed by atoms with Crippen LogP contribution < -0.4 is 10.0 Å². The minimum Gasteiger partial charge on any atom is -0.324 e. The van der Waals surface area contributed by atoms with E-state index >= 15 is 0 Å². The summed E-state index contributed by atoms with van der Waals surface area (Å²) in [5.74, 6) is 0. The number of anilines is 1. The minimum atomic E-state index is -3.30. The highest BCUT2D eigenvalue weighted by Crippen LogP contribution is 2.31. The number of fused-ring (bicyclic) bond motifs is 1. The Morgan fingerprint density at radius 3 is 2.47 bits per heavy atom. The van der Waals surface area contributed by atoms with Gasteiger partial charge in [-0.25, -0.2) is 22.9 Å². The van der Waals surface area contributed by atoms with E-state index in [0.29, 0.717) is 25.9 Å². The van der Waals surface area contributed by atoms with Crippen LogP contribution >= 0.6 is 11.3 Å². The first kappa shape index (κ1) is 22.7. The number of thiazole rings is 1. The van der Waals surface area contributed by atoms with Crippen molar-refractivity contribution in [1.82, 2.24) is 14.6 Å². The molecule has 2 N–H and O–H groups in total. The summed E-state index contributed by atoms with van der Waals surface area (Å²) in [6.45, 7) is 6.42. The molecule has 1 aliphatic heterocycles. The van der Waals surface area contributed by atoms with Gasteiger partial charge in [-0.05, 0) is 75.6 Å². The highest BCUT2D eigenvalue weighted by molar-refractivity contribution is 7.90. The Hall–Kier alpha value is -2.49. The van der Waals surface area contributed by atoms with E-state index in [2.05, 4.69) is 29.1 Å². The van der Waals surface area contributed by atoms with E-state index in [1.165, 1.54) is 5.56 Å². The van der Waals surface area contributed by atoms with E-state index in [9.17, 15) is 13.2 Å². The largest absolute Gasteiger partial charge is 0.324 e. The fourth-order valence-electron chi connectivity index (χ4n) is 3.62. The summed E-state index contributed by atoms with van der Waals surface area (Å²) in [5.41, 5.74) is 3.94. The molecule has 9 heteroatoms. The Bertz CT molecular complexity index is 1210. The third-order valence-corrected chi connectivity index (χ3v) is 8.63. The molecular formula is C23H28N4O3S2. The molecule has 0 bridgehead atoms. The number of nitrogens with zero attached hydrogens (tertiary/aromatic N) is 2. The lowest BCUT2D eigenvalue weighted by molar-refractivity contribution is 0.193. The summed E-state index contributed by atoms with van der Waals surface area (Å²) in [6, 6.07) is 13.6. The fraction of sp³-hybridized carbons (Fsp3) is 0.391. The zero-order valence-electron chi connectivity index (χ0n) is 18.5. The predicted octanol–water partition coefficient (Wildman–Crippen LogP) is 4.60. The fourth-order valence-corrected chi connectivity index (χ4v) is 5.66. The molecule has 2 amide bonds. The number of urea groups is 1. The van der Waals surface area contributed by atoms with Crippen LogP contribution in [0.15, 0.2) is 42.5 Å². The number of aromatic nitrogens is 1. The van der Waals surface area contributed by atoms with E-state index in [0.717, 1.165) is 26.5 Å². The minimum absolute atomic E-state index is 0.122. The van der Waals surface area contributed by atoms with E-state index in [4.69, 9.17) is 4.98 Å². The van der Waals surface area contributed by atoms with Crippen molar-refractivity contribution < 1.29 is 13.2 Å². The van der Waals surface area contributed by atoms with Crippen LogP contribution in [-0.4, -0.2) is 48.7 Å². The molecule has 32 heavy (non-hydrogen) atoms. The van der Waals surface area contributed by atoms with E-state index in [1.54, 1.807) is 30.1 Å². The molecule has 0 radical (unpaired) electrons. The number of benzene rings is 2. The first-order valence-electron chi connectivity index (χ1n) is 10.8. The lowest BCUT2D eigenvalue weighted by atomic mass is 10.1. The zero-order chi connectivity index (χ0) is 22.9. The molecule has 170 valence electrons. The molecule has 0 atom stereocenters. The van der Waals surface area contributed by atoms with Crippen LogP contribution in [0.5, 0.6) is 0 Å². The van der Waals surface area contributed by atoms with Crippen molar-refractivity contribution in [3.8, 4) is 10.6 Å². The first-order valence-corrected chi connectivity index (χ1v) is 13.1. The molecule has 0 spiro atoms. The summed E-state index contributed by atoms with van der Waals surface area (Å²) in [7, 11) is -3.30. The van der Waals surface area contributed by atoms with Gasteiger partial charge in [-0.15, -0.1) is 11.3 Å². The van der Waals surface area contributed by atoms with Gasteiger partial charge in [-0.1, -0.05) is 6.07 Å². The van der Waals surface area contributed by atoms with E-state index in [-0.39, 0.29) is 12.1 Å². The lowest BCUT2D eigenvalue weighted by Gasteiger charge is -2.32. The second-order valence-electron chi connectivity index (χ2n) is 8.47. The van der Waals surface area contributed by atoms with Crippen molar-refractivity contribution in [3.05, 3.63) is 48.0 Å². The number of carbonyl (C=O) groups excluding carboxylic acids is 1. The maximum Gasteiger partial charge on any atom is 0.321 e. The topological polar surface area (TPSA) is 91.4 Å². The van der Waals surface area contributed by atoms with Crippen LogP contribution in [0.4, 0.5) is 10.5 Å². The maximum atomic E-state index is 12.6. The molecule has 0 saturated carbocycles. The quantitative estimate of drug-likeness (QED) is 0.568. The number of amides is 2. The van der Waals surface area contributed by atoms with Crippen molar-refractivity contribution in [2.75, 3.05) is 18.4 Å². The van der Waals surface area contributed by atoms with Crippen LogP contribution in [0, 0.1) is 6.92 Å². The zero-order valence-corrected chi connectivity index (χ0v) is 20.1. The van der Waals surface area contributed by atoms with Crippen molar-refractivity contribution in [2.45, 2.75) is 44.9 Å². The number of aryl methyl sites for hydroxylation is 1. The van der Waals surface area contributed by atoms with Gasteiger partial charge in [0.15, 0.2) is 0 Å². The molecule has 7 nitrogen and oxygen atoms in total. The third-order valence-electron chi connectivity index (χ3n) is 5.66. The number of sulfonamides is 1. The van der Waals surface area contributed by atoms with Gasteiger partial charge < -0.3 is 10.2 Å². The molecule has 1 aliphatic rings. The van der Waals surface area contributed by atoms with Crippen LogP contribution in [0.25, 0.3) is 20.8 Å². The SMILES string of the molecule is Cc1ccc2nc(-c3ccc(NC(=O)N4CCC(NS(=O)(=O)C(C)C)CC4)cc3)sc2c1. The van der Waals surface area contributed by atoms with Gasteiger partial charge in [0.2, 0.25) is 10.0 Å². The smallest absolute Gasteiger partial charge is 0.321 e. The summed E-state index contributed by atoms with van der Waals surface area (Å²) < 4.78 is 28.0. The molecule has 4 rings (SSSR count). The Morgan fingerprint density at radius 1 is 1.12 bits per heavy atom. The predicted molar refractivity (Wildman–Crippen MR) is 131 cm³/mol. The number of likely N-dealkylation sites (tertiary alicyclic amines) is 1. The number of carbonyl (C=O) groups is 1. The van der Waals surface area contributed by atoms with Crippen molar-refractivity contribution in [2.24, 2.45) is 0 Å². The summed E-state index contributed by atoms with van der Waals surface area (Å²) >= 11 is 1.66. The van der Waals surface area contributed by atoms with Gasteiger partial charge in [0.05, 0.1) is 15.5 Å². The molecule has 1 aromatic heterocycles. The van der Waals surface area contributed by atoms with Crippen LogP contribution in [-0.2, 0) is 10.0 Å². The standard InChI is InChI=1S/C23H28N4O3S2/c1-15(2)32(29,30)26-19-10-12-27(13-11-19)23(28)24-18-7-5-17(6-8-18)22-25-20-9-4-16(3)14-21(20)31-22/h4-9,14-15,19,26H,10-13H2,1-3H3,(H,24,28). The second kappa shape index (κ2) is 9.17.